The monoisotopic (exact) mass is 288 g/mol. The van der Waals surface area contributed by atoms with Gasteiger partial charge in [-0.1, -0.05) is 48.4 Å². The molecule has 0 heterocycles. The Labute approximate surface area is 128 Å². The first-order valence-corrected chi connectivity index (χ1v) is 7.89. The Morgan fingerprint density at radius 3 is 2.48 bits per heavy atom. The van der Waals surface area contributed by atoms with Gasteiger partial charge in [0.2, 0.25) is 0 Å². The predicted molar refractivity (Wildman–Crippen MR) is 88.6 cm³/mol. The molecule has 2 heteroatoms. The van der Waals surface area contributed by atoms with E-state index in [1.807, 2.05) is 31.2 Å². The number of Topliss-reactive ketones (excluding diaryl/α,β-unsaturated/α-hetero) is 1. The van der Waals surface area contributed by atoms with Crippen LogP contribution in [0, 0.1) is 12.8 Å². The summed E-state index contributed by atoms with van der Waals surface area (Å²) in [5.74, 6) is 0.782. The number of benzene rings is 1. The van der Waals surface area contributed by atoms with Gasteiger partial charge >= 0.3 is 0 Å². The molecule has 0 spiro atoms. The molecule has 0 radical (unpaired) electrons. The number of rotatable bonds is 9. The predicted octanol–water partition coefficient (Wildman–Crippen LogP) is 4.70. The second kappa shape index (κ2) is 9.51. The number of hydrogen-bond donors (Lipinski definition) is 1. The van der Waals surface area contributed by atoms with Crippen LogP contribution in [-0.4, -0.2) is 17.5 Å². The Hall–Kier alpha value is -1.41. The molecule has 0 aliphatic carbocycles. The van der Waals surface area contributed by atoms with E-state index in [0.29, 0.717) is 12.3 Å². The summed E-state index contributed by atoms with van der Waals surface area (Å²) < 4.78 is 0. The zero-order valence-electron chi connectivity index (χ0n) is 13.6. The molecule has 0 aliphatic rings. The Bertz CT molecular complexity index is 457. The molecule has 1 rings (SSSR count). The van der Waals surface area contributed by atoms with Crippen molar-refractivity contribution < 1.29 is 9.90 Å². The van der Waals surface area contributed by atoms with Crippen molar-refractivity contribution in [3.8, 4) is 0 Å². The smallest absolute Gasteiger partial charge is 0.163 e. The van der Waals surface area contributed by atoms with Crippen LogP contribution in [0.2, 0.25) is 0 Å². The lowest BCUT2D eigenvalue weighted by Crippen LogP contribution is -1.99. The number of ketones is 1. The highest BCUT2D eigenvalue weighted by atomic mass is 16.3. The fourth-order valence-electron chi connectivity index (χ4n) is 2.28. The van der Waals surface area contributed by atoms with Gasteiger partial charge in [-0.05, 0) is 45.4 Å². The summed E-state index contributed by atoms with van der Waals surface area (Å²) in [6.07, 6.45) is 6.66. The van der Waals surface area contributed by atoms with E-state index in [1.54, 1.807) is 0 Å². The van der Waals surface area contributed by atoms with Crippen molar-refractivity contribution in [1.82, 2.24) is 0 Å². The minimum atomic E-state index is 0.219. The van der Waals surface area contributed by atoms with Crippen LogP contribution in [0.3, 0.4) is 0 Å². The van der Waals surface area contributed by atoms with Gasteiger partial charge in [0.1, 0.15) is 0 Å². The molecule has 2 nitrogen and oxygen atoms in total. The first-order chi connectivity index (χ1) is 10.0. The molecule has 1 atom stereocenters. The van der Waals surface area contributed by atoms with Crippen LogP contribution in [0.1, 0.15) is 61.9 Å². The van der Waals surface area contributed by atoms with Crippen molar-refractivity contribution in [3.63, 3.8) is 0 Å². The lowest BCUT2D eigenvalue weighted by atomic mass is 9.99. The highest BCUT2D eigenvalue weighted by Gasteiger charge is 2.05. The lowest BCUT2D eigenvalue weighted by Gasteiger charge is -2.07. The summed E-state index contributed by atoms with van der Waals surface area (Å²) in [4.78, 5) is 12.1. The minimum absolute atomic E-state index is 0.219. The summed E-state index contributed by atoms with van der Waals surface area (Å²) in [5, 5.41) is 8.86. The number of aryl methyl sites for hydroxylation is 1. The average molecular weight is 288 g/mol. The molecule has 0 saturated carbocycles. The second-order valence-corrected chi connectivity index (χ2v) is 6.03. The molecule has 21 heavy (non-hydrogen) atoms. The molecule has 1 aromatic rings. The number of carbonyl (C=O) groups excluding carboxylic acids is 1. The molecule has 1 N–H and O–H groups in total. The Morgan fingerprint density at radius 2 is 1.86 bits per heavy atom. The van der Waals surface area contributed by atoms with Crippen molar-refractivity contribution in [1.29, 1.82) is 0 Å². The Balaban J connectivity index is 2.33. The van der Waals surface area contributed by atoms with E-state index in [0.717, 1.165) is 31.2 Å². The molecule has 0 aromatic heterocycles. The summed E-state index contributed by atoms with van der Waals surface area (Å²) in [6.45, 7) is 6.56. The van der Waals surface area contributed by atoms with Crippen LogP contribution in [0.25, 0.3) is 0 Å². The maximum atomic E-state index is 12.1. The molecule has 0 amide bonds. The molecule has 1 unspecified atom stereocenters. The molecular weight excluding hydrogens is 260 g/mol. The van der Waals surface area contributed by atoms with E-state index >= 15 is 0 Å². The summed E-state index contributed by atoms with van der Waals surface area (Å²) in [5.41, 5.74) is 3.27. The van der Waals surface area contributed by atoms with E-state index in [-0.39, 0.29) is 12.4 Å². The van der Waals surface area contributed by atoms with E-state index in [4.69, 9.17) is 5.11 Å². The van der Waals surface area contributed by atoms with Crippen molar-refractivity contribution >= 4 is 5.78 Å². The topological polar surface area (TPSA) is 37.3 Å². The van der Waals surface area contributed by atoms with Crippen LogP contribution in [0.4, 0.5) is 0 Å². The largest absolute Gasteiger partial charge is 0.396 e. The van der Waals surface area contributed by atoms with E-state index in [1.165, 1.54) is 11.1 Å². The molecule has 1 aromatic carbocycles. The van der Waals surface area contributed by atoms with Crippen LogP contribution < -0.4 is 0 Å². The van der Waals surface area contributed by atoms with Gasteiger partial charge in [0, 0.05) is 18.6 Å². The lowest BCUT2D eigenvalue weighted by molar-refractivity contribution is 0.0982. The van der Waals surface area contributed by atoms with Gasteiger partial charge in [-0.25, -0.2) is 0 Å². The Morgan fingerprint density at radius 1 is 1.19 bits per heavy atom. The standard InChI is InChI=1S/C19H28O2/c1-15(5-4-6-16(2)13-14-20)9-12-19(21)18-10-7-17(3)8-11-18/h5,7-8,10-11,16,20H,4,6,9,12-14H2,1-3H3/b15-5-. The van der Waals surface area contributed by atoms with Gasteiger partial charge in [-0.3, -0.25) is 4.79 Å². The van der Waals surface area contributed by atoms with Gasteiger partial charge in [-0.2, -0.15) is 0 Å². The highest BCUT2D eigenvalue weighted by Crippen LogP contribution is 2.15. The second-order valence-electron chi connectivity index (χ2n) is 6.03. The number of hydrogen-bond acceptors (Lipinski definition) is 2. The fraction of sp³-hybridized carbons (Fsp3) is 0.526. The highest BCUT2D eigenvalue weighted by molar-refractivity contribution is 5.96. The maximum Gasteiger partial charge on any atom is 0.163 e. The summed E-state index contributed by atoms with van der Waals surface area (Å²) >= 11 is 0. The molecule has 0 bridgehead atoms. The molecular formula is C19H28O2. The number of aliphatic hydroxyl groups is 1. The zero-order valence-corrected chi connectivity index (χ0v) is 13.6. The van der Waals surface area contributed by atoms with Gasteiger partial charge in [0.05, 0.1) is 0 Å². The first-order valence-electron chi connectivity index (χ1n) is 7.89. The average Bonchev–Trinajstić information content (AvgIpc) is 2.46. The third kappa shape index (κ3) is 7.24. The molecule has 0 saturated heterocycles. The molecule has 0 aliphatic heterocycles. The first kappa shape index (κ1) is 17.6. The number of carbonyl (C=O) groups is 1. The SMILES string of the molecule is C/C(=C/CCC(C)CCO)CCC(=O)c1ccc(C)cc1. The zero-order chi connectivity index (χ0) is 15.7. The number of allylic oxidation sites excluding steroid dienone is 2. The quantitative estimate of drug-likeness (QED) is 0.528. The van der Waals surface area contributed by atoms with E-state index < -0.39 is 0 Å². The van der Waals surface area contributed by atoms with Gasteiger partial charge < -0.3 is 5.11 Å². The maximum absolute atomic E-state index is 12.1. The molecule has 116 valence electrons. The van der Waals surface area contributed by atoms with E-state index in [2.05, 4.69) is 19.9 Å². The van der Waals surface area contributed by atoms with Gasteiger partial charge in [0.15, 0.2) is 5.78 Å². The molecule has 0 fully saturated rings. The van der Waals surface area contributed by atoms with Crippen molar-refractivity contribution in [3.05, 3.63) is 47.0 Å². The van der Waals surface area contributed by atoms with Crippen LogP contribution in [0.15, 0.2) is 35.9 Å². The van der Waals surface area contributed by atoms with E-state index in [9.17, 15) is 4.79 Å². The third-order valence-electron chi connectivity index (χ3n) is 3.89. The van der Waals surface area contributed by atoms with Crippen LogP contribution in [-0.2, 0) is 0 Å². The van der Waals surface area contributed by atoms with Crippen molar-refractivity contribution in [2.75, 3.05) is 6.61 Å². The van der Waals surface area contributed by atoms with Crippen LogP contribution >= 0.6 is 0 Å². The Kier molecular flexibility index (Phi) is 7.99. The minimum Gasteiger partial charge on any atom is -0.396 e. The summed E-state index contributed by atoms with van der Waals surface area (Å²) in [6, 6.07) is 7.79. The fourth-order valence-corrected chi connectivity index (χ4v) is 2.28. The third-order valence-corrected chi connectivity index (χ3v) is 3.89. The normalized spacial score (nSPS) is 13.2. The summed E-state index contributed by atoms with van der Waals surface area (Å²) in [7, 11) is 0. The van der Waals surface area contributed by atoms with Crippen molar-refractivity contribution in [2.24, 2.45) is 5.92 Å². The van der Waals surface area contributed by atoms with Crippen LogP contribution in [0.5, 0.6) is 0 Å². The van der Waals surface area contributed by atoms with Gasteiger partial charge in [0.25, 0.3) is 0 Å². The van der Waals surface area contributed by atoms with Gasteiger partial charge in [-0.15, -0.1) is 0 Å². The number of aliphatic hydroxyl groups excluding tert-OH is 1. The van der Waals surface area contributed by atoms with Crippen molar-refractivity contribution in [2.45, 2.75) is 52.9 Å².